The first-order valence-electron chi connectivity index (χ1n) is 8.95. The maximum Gasteiger partial charge on any atom is 0.260 e. The molecule has 0 radical (unpaired) electrons. The van der Waals surface area contributed by atoms with Gasteiger partial charge >= 0.3 is 0 Å². The van der Waals surface area contributed by atoms with Gasteiger partial charge in [0, 0.05) is 30.8 Å². The zero-order valence-corrected chi connectivity index (χ0v) is 15.6. The van der Waals surface area contributed by atoms with Gasteiger partial charge in [0.15, 0.2) is 6.61 Å². The molecule has 134 valence electrons. The van der Waals surface area contributed by atoms with Crippen LogP contribution in [0, 0.1) is 0 Å². The van der Waals surface area contributed by atoms with Crippen molar-refractivity contribution in [2.24, 2.45) is 0 Å². The first-order valence-corrected chi connectivity index (χ1v) is 8.95. The Morgan fingerprint density at radius 1 is 1.28 bits per heavy atom. The SMILES string of the molecule is CCc1ccccc1OCC(=O)N1CCc2c(cnn2C(C)(C)C)C1. The zero-order chi connectivity index (χ0) is 18.0. The van der Waals surface area contributed by atoms with Gasteiger partial charge in [0.1, 0.15) is 5.75 Å². The van der Waals surface area contributed by atoms with E-state index < -0.39 is 0 Å². The molecule has 0 saturated carbocycles. The van der Waals surface area contributed by atoms with Gasteiger partial charge in [0.2, 0.25) is 0 Å². The zero-order valence-electron chi connectivity index (χ0n) is 15.6. The molecule has 25 heavy (non-hydrogen) atoms. The van der Waals surface area contributed by atoms with Gasteiger partial charge in [0.05, 0.1) is 11.7 Å². The summed E-state index contributed by atoms with van der Waals surface area (Å²) >= 11 is 0. The molecule has 5 nitrogen and oxygen atoms in total. The number of ether oxygens (including phenoxy) is 1. The van der Waals surface area contributed by atoms with Crippen molar-refractivity contribution in [1.29, 1.82) is 0 Å². The fourth-order valence-electron chi connectivity index (χ4n) is 3.29. The molecule has 0 fully saturated rings. The first-order chi connectivity index (χ1) is 11.9. The van der Waals surface area contributed by atoms with Crippen LogP contribution < -0.4 is 4.74 Å². The Bertz CT molecular complexity index is 759. The summed E-state index contributed by atoms with van der Waals surface area (Å²) in [7, 11) is 0. The van der Waals surface area contributed by atoms with Crippen LogP contribution in [0.25, 0.3) is 0 Å². The topological polar surface area (TPSA) is 47.4 Å². The number of aryl methyl sites for hydroxylation is 1. The molecule has 0 spiro atoms. The number of amides is 1. The highest BCUT2D eigenvalue weighted by Crippen LogP contribution is 2.24. The molecule has 1 amide bonds. The Hall–Kier alpha value is -2.30. The number of carbonyl (C=O) groups excluding carboxylic acids is 1. The van der Waals surface area contributed by atoms with Gasteiger partial charge in [-0.1, -0.05) is 25.1 Å². The van der Waals surface area contributed by atoms with E-state index in [0.29, 0.717) is 13.1 Å². The molecule has 3 rings (SSSR count). The molecule has 0 aliphatic carbocycles. The van der Waals surface area contributed by atoms with E-state index in [9.17, 15) is 4.79 Å². The van der Waals surface area contributed by atoms with Crippen LogP contribution in [0.15, 0.2) is 30.5 Å². The van der Waals surface area contributed by atoms with Crippen LogP contribution in [0.1, 0.15) is 44.5 Å². The molecule has 1 aromatic heterocycles. The number of aromatic nitrogens is 2. The van der Waals surface area contributed by atoms with Gasteiger partial charge in [-0.3, -0.25) is 9.48 Å². The second-order valence-electron chi connectivity index (χ2n) is 7.51. The minimum atomic E-state index is -0.0350. The third-order valence-corrected chi connectivity index (χ3v) is 4.63. The summed E-state index contributed by atoms with van der Waals surface area (Å²) in [5, 5.41) is 4.53. The number of fused-ring (bicyclic) bond motifs is 1. The lowest BCUT2D eigenvalue weighted by molar-refractivity contribution is -0.134. The van der Waals surface area contributed by atoms with Gasteiger partial charge in [-0.2, -0.15) is 5.10 Å². The van der Waals surface area contributed by atoms with Crippen molar-refractivity contribution in [2.45, 2.75) is 52.6 Å². The predicted octanol–water partition coefficient (Wildman–Crippen LogP) is 3.16. The lowest BCUT2D eigenvalue weighted by Gasteiger charge is -2.30. The maximum absolute atomic E-state index is 12.6. The molecule has 0 atom stereocenters. The van der Waals surface area contributed by atoms with Crippen LogP contribution in [0.3, 0.4) is 0 Å². The fraction of sp³-hybridized carbons (Fsp3) is 0.500. The molecular formula is C20H27N3O2. The minimum Gasteiger partial charge on any atom is -0.483 e. The van der Waals surface area contributed by atoms with Crippen LogP contribution >= 0.6 is 0 Å². The number of rotatable bonds is 4. The van der Waals surface area contributed by atoms with Gasteiger partial charge in [-0.15, -0.1) is 0 Å². The Morgan fingerprint density at radius 2 is 2.04 bits per heavy atom. The van der Waals surface area contributed by atoms with Gasteiger partial charge in [0.25, 0.3) is 5.91 Å². The molecule has 1 aliphatic rings. The Balaban J connectivity index is 1.64. The van der Waals surface area contributed by atoms with Crippen molar-refractivity contribution >= 4 is 5.91 Å². The molecule has 0 bridgehead atoms. The summed E-state index contributed by atoms with van der Waals surface area (Å²) < 4.78 is 7.86. The second kappa shape index (κ2) is 6.90. The standard InChI is InChI=1S/C20H27N3O2/c1-5-15-8-6-7-9-18(15)25-14-19(24)22-11-10-17-16(13-22)12-21-23(17)20(2,3)4/h6-9,12H,5,10-11,13-14H2,1-4H3. The number of benzene rings is 1. The highest BCUT2D eigenvalue weighted by molar-refractivity contribution is 5.78. The van der Waals surface area contributed by atoms with E-state index in [1.54, 1.807) is 0 Å². The molecule has 5 heteroatoms. The first kappa shape index (κ1) is 17.5. The number of nitrogens with zero attached hydrogens (tertiary/aromatic N) is 3. The smallest absolute Gasteiger partial charge is 0.260 e. The minimum absolute atomic E-state index is 0.0278. The van der Waals surface area contributed by atoms with E-state index in [1.807, 2.05) is 35.4 Å². The van der Waals surface area contributed by atoms with E-state index in [4.69, 9.17) is 4.74 Å². The number of carbonyl (C=O) groups is 1. The van der Waals surface area contributed by atoms with Crippen molar-refractivity contribution in [1.82, 2.24) is 14.7 Å². The summed E-state index contributed by atoms with van der Waals surface area (Å²) in [5.41, 5.74) is 3.48. The average molecular weight is 341 g/mol. The van der Waals surface area contributed by atoms with Crippen LogP contribution in [0.5, 0.6) is 5.75 Å². The monoisotopic (exact) mass is 341 g/mol. The lowest BCUT2D eigenvalue weighted by Crippen LogP contribution is -2.40. The van der Waals surface area contributed by atoms with Crippen molar-refractivity contribution in [3.8, 4) is 5.75 Å². The van der Waals surface area contributed by atoms with Crippen molar-refractivity contribution in [3.63, 3.8) is 0 Å². The number of hydrogen-bond acceptors (Lipinski definition) is 3. The molecule has 0 unspecified atom stereocenters. The predicted molar refractivity (Wildman–Crippen MR) is 97.7 cm³/mol. The molecule has 0 saturated heterocycles. The summed E-state index contributed by atoms with van der Waals surface area (Å²) in [6.07, 6.45) is 3.63. The van der Waals surface area contributed by atoms with E-state index in [0.717, 1.165) is 29.7 Å². The third-order valence-electron chi connectivity index (χ3n) is 4.63. The molecule has 1 aromatic carbocycles. The lowest BCUT2D eigenvalue weighted by atomic mass is 10.0. The highest BCUT2D eigenvalue weighted by atomic mass is 16.5. The Kier molecular flexibility index (Phi) is 4.84. The molecule has 1 aliphatic heterocycles. The largest absolute Gasteiger partial charge is 0.483 e. The van der Waals surface area contributed by atoms with Crippen molar-refractivity contribution in [2.75, 3.05) is 13.2 Å². The van der Waals surface area contributed by atoms with Crippen LogP contribution in [-0.4, -0.2) is 33.7 Å². The van der Waals surface area contributed by atoms with Crippen LogP contribution in [0.4, 0.5) is 0 Å². The van der Waals surface area contributed by atoms with Gasteiger partial charge in [-0.05, 0) is 38.8 Å². The molecule has 0 N–H and O–H groups in total. The van der Waals surface area contributed by atoms with Crippen molar-refractivity contribution < 1.29 is 9.53 Å². The molecule has 2 aromatic rings. The average Bonchev–Trinajstić information content (AvgIpc) is 3.03. The summed E-state index contributed by atoms with van der Waals surface area (Å²) in [4.78, 5) is 14.4. The summed E-state index contributed by atoms with van der Waals surface area (Å²) in [6.45, 7) is 9.95. The van der Waals surface area contributed by atoms with Crippen LogP contribution in [0.2, 0.25) is 0 Å². The second-order valence-corrected chi connectivity index (χ2v) is 7.51. The van der Waals surface area contributed by atoms with Gasteiger partial charge in [-0.25, -0.2) is 0 Å². The highest BCUT2D eigenvalue weighted by Gasteiger charge is 2.27. The molecular weight excluding hydrogens is 314 g/mol. The van der Waals surface area contributed by atoms with E-state index in [2.05, 4.69) is 37.5 Å². The van der Waals surface area contributed by atoms with E-state index >= 15 is 0 Å². The third kappa shape index (κ3) is 3.70. The molecule has 2 heterocycles. The quantitative estimate of drug-likeness (QED) is 0.858. The van der Waals surface area contributed by atoms with Gasteiger partial charge < -0.3 is 9.64 Å². The normalized spacial score (nSPS) is 14.3. The number of para-hydroxylation sites is 1. The maximum atomic E-state index is 12.6. The van der Waals surface area contributed by atoms with Crippen LogP contribution in [-0.2, 0) is 29.7 Å². The van der Waals surface area contributed by atoms with E-state index in [1.165, 1.54) is 5.69 Å². The summed E-state index contributed by atoms with van der Waals surface area (Å²) in [5.74, 6) is 0.830. The Labute approximate surface area is 149 Å². The number of hydrogen-bond donors (Lipinski definition) is 0. The Morgan fingerprint density at radius 3 is 2.76 bits per heavy atom. The fourth-order valence-corrected chi connectivity index (χ4v) is 3.29. The van der Waals surface area contributed by atoms with E-state index in [-0.39, 0.29) is 18.1 Å². The van der Waals surface area contributed by atoms with Crippen molar-refractivity contribution in [3.05, 3.63) is 47.3 Å². The summed E-state index contributed by atoms with van der Waals surface area (Å²) in [6, 6.07) is 7.89.